The van der Waals surface area contributed by atoms with Crippen molar-refractivity contribution in [1.29, 1.82) is 0 Å². The van der Waals surface area contributed by atoms with Gasteiger partial charge in [-0.15, -0.1) is 0 Å². The van der Waals surface area contributed by atoms with Crippen molar-refractivity contribution in [1.82, 2.24) is 4.90 Å². The second-order valence-electron chi connectivity index (χ2n) is 4.79. The zero-order valence-electron chi connectivity index (χ0n) is 10.3. The van der Waals surface area contributed by atoms with Gasteiger partial charge in [-0.1, -0.05) is 6.07 Å². The first-order chi connectivity index (χ1) is 8.83. The number of amides is 1. The lowest BCUT2D eigenvalue weighted by Gasteiger charge is -2.15. The summed E-state index contributed by atoms with van der Waals surface area (Å²) in [5.74, 6) is 0.858. The van der Waals surface area contributed by atoms with Crippen LogP contribution < -0.4 is 4.74 Å². The molecule has 2 saturated heterocycles. The smallest absolute Gasteiger partial charge is 0.253 e. The molecular weight excluding hydrogens is 230 g/mol. The van der Waals surface area contributed by atoms with E-state index in [1.54, 1.807) is 0 Å². The van der Waals surface area contributed by atoms with Crippen LogP contribution in [0.5, 0.6) is 5.75 Å². The van der Waals surface area contributed by atoms with Crippen LogP contribution in [0.3, 0.4) is 0 Å². The molecule has 3 rings (SSSR count). The molecule has 2 aliphatic heterocycles. The summed E-state index contributed by atoms with van der Waals surface area (Å²) >= 11 is 0. The van der Waals surface area contributed by atoms with Gasteiger partial charge < -0.3 is 14.4 Å². The standard InChI is InChI=1S/C14H17NO3/c16-14(15-6-1-2-7-15)11-4-3-5-12(8-11)17-9-13-10-18-13/h3-5,8,13H,1-2,6-7,9-10H2. The molecule has 4 heteroatoms. The van der Waals surface area contributed by atoms with E-state index in [0.717, 1.165) is 38.3 Å². The van der Waals surface area contributed by atoms with Gasteiger partial charge in [0.2, 0.25) is 0 Å². The molecular formula is C14H17NO3. The number of hydrogen-bond donors (Lipinski definition) is 0. The van der Waals surface area contributed by atoms with Crippen molar-refractivity contribution in [3.05, 3.63) is 29.8 Å². The van der Waals surface area contributed by atoms with Crippen LogP contribution >= 0.6 is 0 Å². The van der Waals surface area contributed by atoms with E-state index in [1.807, 2.05) is 29.2 Å². The Balaban J connectivity index is 1.66. The summed E-state index contributed by atoms with van der Waals surface area (Å²) in [6.45, 7) is 3.10. The molecule has 0 bridgehead atoms. The van der Waals surface area contributed by atoms with Crippen LogP contribution in [0.1, 0.15) is 23.2 Å². The Hall–Kier alpha value is -1.55. The third-order valence-corrected chi connectivity index (χ3v) is 3.31. The SMILES string of the molecule is O=C(c1cccc(OCC2CO2)c1)N1CCCC1. The zero-order valence-corrected chi connectivity index (χ0v) is 10.3. The predicted octanol–water partition coefficient (Wildman–Crippen LogP) is 1.70. The van der Waals surface area contributed by atoms with E-state index in [-0.39, 0.29) is 12.0 Å². The van der Waals surface area contributed by atoms with Crippen molar-refractivity contribution in [2.45, 2.75) is 18.9 Å². The van der Waals surface area contributed by atoms with Gasteiger partial charge in [-0.25, -0.2) is 0 Å². The Bertz CT molecular complexity index is 436. The van der Waals surface area contributed by atoms with Crippen LogP contribution in [0.4, 0.5) is 0 Å². The molecule has 2 aliphatic rings. The van der Waals surface area contributed by atoms with Crippen molar-refractivity contribution in [2.75, 3.05) is 26.3 Å². The Kier molecular flexibility index (Phi) is 3.19. The summed E-state index contributed by atoms with van der Waals surface area (Å²) in [7, 11) is 0. The van der Waals surface area contributed by atoms with Crippen molar-refractivity contribution in [3.63, 3.8) is 0 Å². The van der Waals surface area contributed by atoms with Crippen molar-refractivity contribution >= 4 is 5.91 Å². The summed E-state index contributed by atoms with van der Waals surface area (Å²) in [6.07, 6.45) is 2.46. The zero-order chi connectivity index (χ0) is 12.4. The third-order valence-electron chi connectivity index (χ3n) is 3.31. The number of rotatable bonds is 4. The summed E-state index contributed by atoms with van der Waals surface area (Å²) < 4.78 is 10.7. The number of ether oxygens (including phenoxy) is 2. The van der Waals surface area contributed by atoms with E-state index in [0.29, 0.717) is 12.2 Å². The molecule has 4 nitrogen and oxygen atoms in total. The second-order valence-corrected chi connectivity index (χ2v) is 4.79. The molecule has 1 aromatic rings. The highest BCUT2D eigenvalue weighted by Gasteiger charge is 2.23. The highest BCUT2D eigenvalue weighted by molar-refractivity contribution is 5.94. The lowest BCUT2D eigenvalue weighted by molar-refractivity contribution is 0.0792. The van der Waals surface area contributed by atoms with E-state index < -0.39 is 0 Å². The number of carbonyl (C=O) groups is 1. The molecule has 0 saturated carbocycles. The predicted molar refractivity (Wildman–Crippen MR) is 66.8 cm³/mol. The first-order valence-electron chi connectivity index (χ1n) is 6.47. The normalized spacial score (nSPS) is 22.0. The quantitative estimate of drug-likeness (QED) is 0.760. The van der Waals surface area contributed by atoms with Gasteiger partial charge in [-0.05, 0) is 31.0 Å². The van der Waals surface area contributed by atoms with E-state index in [2.05, 4.69) is 0 Å². The molecule has 1 atom stereocenters. The summed E-state index contributed by atoms with van der Waals surface area (Å²) in [6, 6.07) is 7.42. The maximum atomic E-state index is 12.2. The van der Waals surface area contributed by atoms with Gasteiger partial charge in [0.25, 0.3) is 5.91 Å². The maximum Gasteiger partial charge on any atom is 0.253 e. The Labute approximate surface area is 106 Å². The first-order valence-corrected chi connectivity index (χ1v) is 6.47. The molecule has 2 heterocycles. The van der Waals surface area contributed by atoms with Gasteiger partial charge >= 0.3 is 0 Å². The van der Waals surface area contributed by atoms with Crippen LogP contribution in [0.15, 0.2) is 24.3 Å². The minimum absolute atomic E-state index is 0.112. The van der Waals surface area contributed by atoms with Gasteiger partial charge in [0.15, 0.2) is 0 Å². The van der Waals surface area contributed by atoms with Gasteiger partial charge in [-0.2, -0.15) is 0 Å². The van der Waals surface area contributed by atoms with Gasteiger partial charge in [0.1, 0.15) is 18.5 Å². The number of hydrogen-bond acceptors (Lipinski definition) is 3. The minimum Gasteiger partial charge on any atom is -0.491 e. The molecule has 0 aliphatic carbocycles. The number of nitrogens with zero attached hydrogens (tertiary/aromatic N) is 1. The maximum absolute atomic E-state index is 12.2. The van der Waals surface area contributed by atoms with Crippen LogP contribution in [0.2, 0.25) is 0 Å². The molecule has 2 fully saturated rings. The van der Waals surface area contributed by atoms with Crippen molar-refractivity contribution in [2.24, 2.45) is 0 Å². The van der Waals surface area contributed by atoms with Gasteiger partial charge in [0, 0.05) is 18.7 Å². The Morgan fingerprint density at radius 3 is 2.89 bits per heavy atom. The van der Waals surface area contributed by atoms with Crippen LogP contribution in [0, 0.1) is 0 Å². The molecule has 0 radical (unpaired) electrons. The number of benzene rings is 1. The fourth-order valence-electron chi connectivity index (χ4n) is 2.18. The lowest BCUT2D eigenvalue weighted by atomic mass is 10.2. The average Bonchev–Trinajstić information content (AvgIpc) is 3.08. The molecule has 18 heavy (non-hydrogen) atoms. The fourth-order valence-corrected chi connectivity index (χ4v) is 2.18. The lowest BCUT2D eigenvalue weighted by Crippen LogP contribution is -2.27. The van der Waals surface area contributed by atoms with E-state index >= 15 is 0 Å². The molecule has 0 aromatic heterocycles. The molecule has 1 aromatic carbocycles. The monoisotopic (exact) mass is 247 g/mol. The van der Waals surface area contributed by atoms with Crippen molar-refractivity contribution < 1.29 is 14.3 Å². The van der Waals surface area contributed by atoms with Crippen LogP contribution in [0.25, 0.3) is 0 Å². The van der Waals surface area contributed by atoms with Crippen LogP contribution in [-0.2, 0) is 4.74 Å². The number of likely N-dealkylation sites (tertiary alicyclic amines) is 1. The molecule has 0 N–H and O–H groups in total. The summed E-state index contributed by atoms with van der Waals surface area (Å²) in [4.78, 5) is 14.1. The summed E-state index contributed by atoms with van der Waals surface area (Å²) in [5.41, 5.74) is 0.714. The highest BCUT2D eigenvalue weighted by atomic mass is 16.6. The Morgan fingerprint density at radius 1 is 1.39 bits per heavy atom. The molecule has 96 valence electrons. The second kappa shape index (κ2) is 4.98. The fraction of sp³-hybridized carbons (Fsp3) is 0.500. The minimum atomic E-state index is 0.112. The largest absolute Gasteiger partial charge is 0.491 e. The molecule has 1 amide bonds. The van der Waals surface area contributed by atoms with E-state index in [4.69, 9.17) is 9.47 Å². The van der Waals surface area contributed by atoms with E-state index in [9.17, 15) is 4.79 Å². The van der Waals surface area contributed by atoms with Gasteiger partial charge in [0.05, 0.1) is 6.61 Å². The number of carbonyl (C=O) groups excluding carboxylic acids is 1. The average molecular weight is 247 g/mol. The molecule has 1 unspecified atom stereocenters. The Morgan fingerprint density at radius 2 is 2.17 bits per heavy atom. The van der Waals surface area contributed by atoms with E-state index in [1.165, 1.54) is 0 Å². The topological polar surface area (TPSA) is 42.1 Å². The third kappa shape index (κ3) is 2.64. The van der Waals surface area contributed by atoms with Crippen molar-refractivity contribution in [3.8, 4) is 5.75 Å². The first kappa shape index (κ1) is 11.5. The molecule has 0 spiro atoms. The number of epoxide rings is 1. The van der Waals surface area contributed by atoms with Gasteiger partial charge in [-0.3, -0.25) is 4.79 Å². The highest BCUT2D eigenvalue weighted by Crippen LogP contribution is 2.19. The van der Waals surface area contributed by atoms with Crippen LogP contribution in [-0.4, -0.2) is 43.2 Å². The summed E-state index contributed by atoms with van der Waals surface area (Å²) in [5, 5.41) is 0.